The standard InChI is InChI=1S/C13H23N3OS/c1-13(2,3)10(9-18)8-16-12(17)15-7-5-4-6-11(15)14-16/h10,18H,4-9H2,1-3H3. The fraction of sp³-hybridized carbons (Fsp3) is 0.846. The minimum absolute atomic E-state index is 0.0562. The van der Waals surface area contributed by atoms with E-state index >= 15 is 0 Å². The first-order valence-electron chi connectivity index (χ1n) is 6.71. The van der Waals surface area contributed by atoms with Gasteiger partial charge >= 0.3 is 5.69 Å². The largest absolute Gasteiger partial charge is 0.345 e. The van der Waals surface area contributed by atoms with Gasteiger partial charge in [-0.05, 0) is 29.9 Å². The van der Waals surface area contributed by atoms with Crippen molar-refractivity contribution in [2.75, 3.05) is 5.75 Å². The summed E-state index contributed by atoms with van der Waals surface area (Å²) in [5.41, 5.74) is 0.200. The van der Waals surface area contributed by atoms with Gasteiger partial charge in [-0.2, -0.15) is 17.7 Å². The third-order valence-electron chi connectivity index (χ3n) is 3.87. The molecule has 0 saturated carbocycles. The molecule has 5 heteroatoms. The van der Waals surface area contributed by atoms with E-state index in [1.165, 1.54) is 0 Å². The van der Waals surface area contributed by atoms with Crippen LogP contribution in [0, 0.1) is 11.3 Å². The molecular formula is C13H23N3OS. The van der Waals surface area contributed by atoms with Crippen molar-refractivity contribution in [1.29, 1.82) is 0 Å². The normalized spacial score (nSPS) is 17.6. The zero-order chi connectivity index (χ0) is 13.3. The minimum Gasteiger partial charge on any atom is -0.279 e. The van der Waals surface area contributed by atoms with Gasteiger partial charge in [0, 0.05) is 13.0 Å². The molecule has 0 aliphatic carbocycles. The van der Waals surface area contributed by atoms with E-state index in [4.69, 9.17) is 0 Å². The molecule has 1 aromatic rings. The van der Waals surface area contributed by atoms with Gasteiger partial charge in [-0.15, -0.1) is 0 Å². The van der Waals surface area contributed by atoms with Crippen LogP contribution in [0.15, 0.2) is 4.79 Å². The predicted molar refractivity (Wildman–Crippen MR) is 76.2 cm³/mol. The first-order chi connectivity index (χ1) is 8.43. The Morgan fingerprint density at radius 2 is 2.11 bits per heavy atom. The molecule has 1 aliphatic heterocycles. The Bertz CT molecular complexity index is 470. The van der Waals surface area contributed by atoms with Gasteiger partial charge in [0.2, 0.25) is 0 Å². The van der Waals surface area contributed by atoms with Crippen LogP contribution in [-0.2, 0) is 19.5 Å². The highest BCUT2D eigenvalue weighted by atomic mass is 32.1. The molecule has 0 aromatic carbocycles. The fourth-order valence-electron chi connectivity index (χ4n) is 2.38. The number of fused-ring (bicyclic) bond motifs is 1. The van der Waals surface area contributed by atoms with Gasteiger partial charge in [0.05, 0.1) is 6.54 Å². The Morgan fingerprint density at radius 1 is 1.39 bits per heavy atom. The molecule has 102 valence electrons. The van der Waals surface area contributed by atoms with Crippen LogP contribution >= 0.6 is 12.6 Å². The van der Waals surface area contributed by atoms with E-state index in [1.807, 2.05) is 4.57 Å². The number of aryl methyl sites for hydroxylation is 1. The van der Waals surface area contributed by atoms with Crippen LogP contribution in [-0.4, -0.2) is 20.1 Å². The third kappa shape index (κ3) is 2.66. The molecule has 0 saturated heterocycles. The maximum absolute atomic E-state index is 12.2. The molecule has 1 aromatic heterocycles. The quantitative estimate of drug-likeness (QED) is 0.852. The Balaban J connectivity index is 2.24. The Hall–Kier alpha value is -0.710. The Kier molecular flexibility index (Phi) is 3.90. The van der Waals surface area contributed by atoms with Crippen molar-refractivity contribution in [3.8, 4) is 0 Å². The highest BCUT2D eigenvalue weighted by Crippen LogP contribution is 2.27. The van der Waals surface area contributed by atoms with Crippen molar-refractivity contribution >= 4 is 12.6 Å². The second-order valence-corrected chi connectivity index (χ2v) is 6.60. The summed E-state index contributed by atoms with van der Waals surface area (Å²) in [5.74, 6) is 2.09. The smallest absolute Gasteiger partial charge is 0.279 e. The van der Waals surface area contributed by atoms with Crippen molar-refractivity contribution in [3.63, 3.8) is 0 Å². The van der Waals surface area contributed by atoms with E-state index in [2.05, 4.69) is 38.5 Å². The zero-order valence-electron chi connectivity index (χ0n) is 11.5. The summed E-state index contributed by atoms with van der Waals surface area (Å²) in [7, 11) is 0. The van der Waals surface area contributed by atoms with Crippen molar-refractivity contribution < 1.29 is 0 Å². The van der Waals surface area contributed by atoms with Crippen molar-refractivity contribution in [2.45, 2.75) is 53.1 Å². The average Bonchev–Trinajstić information content (AvgIpc) is 2.62. The summed E-state index contributed by atoms with van der Waals surface area (Å²) in [6.45, 7) is 8.07. The summed E-state index contributed by atoms with van der Waals surface area (Å²) < 4.78 is 3.48. The molecular weight excluding hydrogens is 246 g/mol. The summed E-state index contributed by atoms with van der Waals surface area (Å²) in [6.07, 6.45) is 3.17. The van der Waals surface area contributed by atoms with Gasteiger partial charge < -0.3 is 0 Å². The lowest BCUT2D eigenvalue weighted by atomic mass is 9.82. The van der Waals surface area contributed by atoms with E-state index < -0.39 is 0 Å². The van der Waals surface area contributed by atoms with Gasteiger partial charge in [0.15, 0.2) is 0 Å². The van der Waals surface area contributed by atoms with Gasteiger partial charge in [0.1, 0.15) is 5.82 Å². The molecule has 0 fully saturated rings. The lowest BCUT2D eigenvalue weighted by molar-refractivity contribution is 0.228. The number of aromatic nitrogens is 3. The average molecular weight is 269 g/mol. The molecule has 18 heavy (non-hydrogen) atoms. The van der Waals surface area contributed by atoms with Crippen LogP contribution in [0.25, 0.3) is 0 Å². The maximum atomic E-state index is 12.2. The molecule has 2 heterocycles. The summed E-state index contributed by atoms with van der Waals surface area (Å²) in [5, 5.41) is 4.48. The van der Waals surface area contributed by atoms with Gasteiger partial charge in [-0.3, -0.25) is 4.57 Å². The van der Waals surface area contributed by atoms with Crippen LogP contribution in [0.2, 0.25) is 0 Å². The summed E-state index contributed by atoms with van der Waals surface area (Å²) >= 11 is 4.41. The summed E-state index contributed by atoms with van der Waals surface area (Å²) in [6, 6.07) is 0. The number of hydrogen-bond acceptors (Lipinski definition) is 3. The first-order valence-corrected chi connectivity index (χ1v) is 7.34. The van der Waals surface area contributed by atoms with E-state index in [-0.39, 0.29) is 11.1 Å². The van der Waals surface area contributed by atoms with Gasteiger partial charge in [-0.1, -0.05) is 20.8 Å². The van der Waals surface area contributed by atoms with Crippen molar-refractivity contribution in [1.82, 2.24) is 14.3 Å². The topological polar surface area (TPSA) is 39.8 Å². The monoisotopic (exact) mass is 269 g/mol. The lowest BCUT2D eigenvalue weighted by Crippen LogP contribution is -2.33. The lowest BCUT2D eigenvalue weighted by Gasteiger charge is -2.28. The summed E-state index contributed by atoms with van der Waals surface area (Å²) in [4.78, 5) is 12.2. The number of thiol groups is 1. The Morgan fingerprint density at radius 3 is 2.67 bits per heavy atom. The number of rotatable bonds is 3. The first kappa shape index (κ1) is 13.7. The second-order valence-electron chi connectivity index (χ2n) is 6.24. The van der Waals surface area contributed by atoms with E-state index in [0.29, 0.717) is 12.5 Å². The maximum Gasteiger partial charge on any atom is 0.345 e. The molecule has 0 bridgehead atoms. The van der Waals surface area contributed by atoms with Crippen LogP contribution in [0.5, 0.6) is 0 Å². The van der Waals surface area contributed by atoms with E-state index in [0.717, 1.165) is 37.4 Å². The fourth-order valence-corrected chi connectivity index (χ4v) is 3.04. The number of nitrogens with zero attached hydrogens (tertiary/aromatic N) is 3. The van der Waals surface area contributed by atoms with Crippen LogP contribution in [0.1, 0.15) is 39.4 Å². The van der Waals surface area contributed by atoms with E-state index in [9.17, 15) is 4.79 Å². The third-order valence-corrected chi connectivity index (χ3v) is 4.31. The highest BCUT2D eigenvalue weighted by Gasteiger charge is 2.26. The van der Waals surface area contributed by atoms with Gasteiger partial charge in [-0.25, -0.2) is 9.48 Å². The molecule has 2 rings (SSSR count). The second kappa shape index (κ2) is 5.11. The molecule has 4 nitrogen and oxygen atoms in total. The predicted octanol–water partition coefficient (Wildman–Crippen LogP) is 1.97. The Labute approximate surface area is 114 Å². The van der Waals surface area contributed by atoms with Gasteiger partial charge in [0.25, 0.3) is 0 Å². The number of hydrogen-bond donors (Lipinski definition) is 1. The highest BCUT2D eigenvalue weighted by molar-refractivity contribution is 7.80. The molecule has 1 aliphatic rings. The molecule has 1 atom stereocenters. The van der Waals surface area contributed by atoms with Crippen molar-refractivity contribution in [2.24, 2.45) is 11.3 Å². The molecule has 0 amide bonds. The zero-order valence-corrected chi connectivity index (χ0v) is 12.4. The minimum atomic E-state index is 0.0562. The van der Waals surface area contributed by atoms with E-state index in [1.54, 1.807) is 4.68 Å². The van der Waals surface area contributed by atoms with Crippen LogP contribution < -0.4 is 5.69 Å². The van der Waals surface area contributed by atoms with Crippen molar-refractivity contribution in [3.05, 3.63) is 16.3 Å². The molecule has 0 spiro atoms. The molecule has 0 radical (unpaired) electrons. The van der Waals surface area contributed by atoms with Crippen LogP contribution in [0.4, 0.5) is 0 Å². The molecule has 0 N–H and O–H groups in total. The van der Waals surface area contributed by atoms with Crippen LogP contribution in [0.3, 0.4) is 0 Å². The SMILES string of the molecule is CC(C)(C)C(CS)Cn1nc2n(c1=O)CCCC2. The molecule has 1 unspecified atom stereocenters.